The first-order valence-electron chi connectivity index (χ1n) is 8.50. The van der Waals surface area contributed by atoms with Crippen LogP contribution in [0.25, 0.3) is 0 Å². The Morgan fingerprint density at radius 3 is 2.50 bits per heavy atom. The Hall–Kier alpha value is -0.743. The maximum atomic E-state index is 12.4. The van der Waals surface area contributed by atoms with Gasteiger partial charge < -0.3 is 4.43 Å². The minimum atomic E-state index is -1.88. The van der Waals surface area contributed by atoms with Gasteiger partial charge >= 0.3 is 0 Å². The first-order valence-corrected chi connectivity index (χ1v) is 11.4. The summed E-state index contributed by atoms with van der Waals surface area (Å²) in [4.78, 5) is 24.3. The van der Waals surface area contributed by atoms with E-state index in [1.54, 1.807) is 6.08 Å². The molecular formula is C18H28O3Si. The average Bonchev–Trinajstić information content (AvgIpc) is 2.84. The fraction of sp³-hybridized carbons (Fsp3) is 0.778. The van der Waals surface area contributed by atoms with E-state index in [2.05, 4.69) is 39.9 Å². The van der Waals surface area contributed by atoms with E-state index in [0.29, 0.717) is 18.6 Å². The lowest BCUT2D eigenvalue weighted by molar-refractivity contribution is -0.121. The summed E-state index contributed by atoms with van der Waals surface area (Å²) >= 11 is 0. The topological polar surface area (TPSA) is 43.4 Å². The monoisotopic (exact) mass is 320 g/mol. The third kappa shape index (κ3) is 2.18. The quantitative estimate of drug-likeness (QED) is 0.725. The van der Waals surface area contributed by atoms with Crippen LogP contribution >= 0.6 is 0 Å². The molecule has 3 aliphatic carbocycles. The molecule has 4 atom stereocenters. The van der Waals surface area contributed by atoms with E-state index < -0.39 is 8.32 Å². The molecule has 2 fully saturated rings. The molecule has 3 aliphatic rings. The van der Waals surface area contributed by atoms with Gasteiger partial charge in [0.25, 0.3) is 0 Å². The van der Waals surface area contributed by atoms with Gasteiger partial charge in [-0.2, -0.15) is 0 Å². The van der Waals surface area contributed by atoms with Gasteiger partial charge in [0.2, 0.25) is 0 Å². The Morgan fingerprint density at radius 1 is 1.18 bits per heavy atom. The van der Waals surface area contributed by atoms with Crippen LogP contribution in [0.15, 0.2) is 12.2 Å². The molecule has 1 spiro atoms. The van der Waals surface area contributed by atoms with Crippen molar-refractivity contribution >= 4 is 19.9 Å². The molecule has 3 rings (SSSR count). The minimum absolute atomic E-state index is 0.0802. The van der Waals surface area contributed by atoms with Gasteiger partial charge in [-0.05, 0) is 43.0 Å². The highest BCUT2D eigenvalue weighted by Crippen LogP contribution is 2.61. The fourth-order valence-electron chi connectivity index (χ4n) is 4.44. The zero-order valence-electron chi connectivity index (χ0n) is 14.4. The fourth-order valence-corrected chi connectivity index (χ4v) is 5.83. The average molecular weight is 321 g/mol. The number of Topliss-reactive ketones (excluding diaryl/α,β-unsaturated/α-hetero) is 1. The second-order valence-electron chi connectivity index (χ2n) is 8.87. The summed E-state index contributed by atoms with van der Waals surface area (Å²) in [6.07, 6.45) is 6.86. The molecule has 122 valence electrons. The van der Waals surface area contributed by atoms with Crippen molar-refractivity contribution in [1.82, 2.24) is 0 Å². The Labute approximate surface area is 134 Å². The smallest absolute Gasteiger partial charge is 0.192 e. The van der Waals surface area contributed by atoms with E-state index in [0.717, 1.165) is 12.8 Å². The number of carbonyl (C=O) groups is 2. The lowest BCUT2D eigenvalue weighted by atomic mass is 9.67. The van der Waals surface area contributed by atoms with Crippen LogP contribution in [-0.2, 0) is 14.0 Å². The van der Waals surface area contributed by atoms with Gasteiger partial charge in [0.1, 0.15) is 5.78 Å². The van der Waals surface area contributed by atoms with E-state index in [1.807, 2.05) is 0 Å². The van der Waals surface area contributed by atoms with Crippen molar-refractivity contribution in [3.63, 3.8) is 0 Å². The molecule has 0 N–H and O–H groups in total. The van der Waals surface area contributed by atoms with E-state index in [9.17, 15) is 9.59 Å². The highest BCUT2D eigenvalue weighted by molar-refractivity contribution is 6.74. The second kappa shape index (κ2) is 4.87. The molecule has 4 heteroatoms. The number of carbonyl (C=O) groups excluding carboxylic acids is 2. The van der Waals surface area contributed by atoms with Crippen LogP contribution in [0, 0.1) is 17.3 Å². The Kier molecular flexibility index (Phi) is 3.57. The number of ketones is 2. The highest BCUT2D eigenvalue weighted by Gasteiger charge is 2.63. The van der Waals surface area contributed by atoms with Gasteiger partial charge in [0.05, 0.1) is 6.10 Å². The minimum Gasteiger partial charge on any atom is -0.413 e. The SMILES string of the molecule is CC(C)(C)[Si](C)(C)O[C@H]1CC[C@H]2C(=O)C[C@@H]3CC(=O)C=C[C@]312. The zero-order valence-corrected chi connectivity index (χ0v) is 15.4. The van der Waals surface area contributed by atoms with Crippen molar-refractivity contribution in [1.29, 1.82) is 0 Å². The van der Waals surface area contributed by atoms with Gasteiger partial charge in [-0.1, -0.05) is 26.8 Å². The first-order chi connectivity index (χ1) is 10.1. The molecule has 0 heterocycles. The molecule has 3 nitrogen and oxygen atoms in total. The van der Waals surface area contributed by atoms with Gasteiger partial charge in [-0.25, -0.2) is 0 Å². The van der Waals surface area contributed by atoms with Gasteiger partial charge in [-0.15, -0.1) is 0 Å². The van der Waals surface area contributed by atoms with E-state index in [1.165, 1.54) is 0 Å². The Morgan fingerprint density at radius 2 is 1.86 bits per heavy atom. The van der Waals surface area contributed by atoms with Gasteiger partial charge in [-0.3, -0.25) is 9.59 Å². The van der Waals surface area contributed by atoms with Crippen molar-refractivity contribution in [2.75, 3.05) is 0 Å². The maximum absolute atomic E-state index is 12.4. The molecule has 0 aromatic rings. The standard InChI is InChI=1S/C18H28O3Si/c1-17(2,3)22(4,5)21-16-7-6-14-15(20)11-12-10-13(19)8-9-18(12,14)16/h8-9,12,14,16H,6-7,10-11H2,1-5H3/t12-,14-,16-,18+/m0/s1. The summed E-state index contributed by atoms with van der Waals surface area (Å²) in [6, 6.07) is 0. The van der Waals surface area contributed by atoms with Crippen molar-refractivity contribution in [2.45, 2.75) is 70.7 Å². The normalized spacial score (nSPS) is 38.3. The molecule has 0 aliphatic heterocycles. The van der Waals surface area contributed by atoms with Crippen LogP contribution in [0.3, 0.4) is 0 Å². The zero-order chi connectivity index (χ0) is 16.3. The summed E-state index contributed by atoms with van der Waals surface area (Å²) in [5.74, 6) is 0.768. The summed E-state index contributed by atoms with van der Waals surface area (Å²) in [5, 5.41) is 0.161. The largest absolute Gasteiger partial charge is 0.413 e. The summed E-state index contributed by atoms with van der Waals surface area (Å²) in [6.45, 7) is 11.3. The number of hydrogen-bond donors (Lipinski definition) is 0. The number of allylic oxidation sites excluding steroid dienone is 1. The van der Waals surface area contributed by atoms with E-state index in [-0.39, 0.29) is 34.2 Å². The molecule has 0 amide bonds. The van der Waals surface area contributed by atoms with Crippen molar-refractivity contribution in [2.24, 2.45) is 17.3 Å². The summed E-state index contributed by atoms with van der Waals surface area (Å²) < 4.78 is 6.75. The second-order valence-corrected chi connectivity index (χ2v) is 13.6. The third-order valence-corrected chi connectivity index (χ3v) is 11.2. The summed E-state index contributed by atoms with van der Waals surface area (Å²) in [7, 11) is -1.88. The molecule has 0 aromatic heterocycles. The molecule has 0 bridgehead atoms. The lowest BCUT2D eigenvalue weighted by Crippen LogP contribution is -2.50. The Balaban J connectivity index is 1.95. The van der Waals surface area contributed by atoms with Gasteiger partial charge in [0, 0.05) is 24.2 Å². The maximum Gasteiger partial charge on any atom is 0.192 e. The first kappa shape index (κ1) is 16.1. The van der Waals surface area contributed by atoms with Gasteiger partial charge in [0.15, 0.2) is 14.1 Å². The van der Waals surface area contributed by atoms with Crippen LogP contribution in [0.4, 0.5) is 0 Å². The van der Waals surface area contributed by atoms with Crippen molar-refractivity contribution in [3.05, 3.63) is 12.2 Å². The van der Waals surface area contributed by atoms with E-state index in [4.69, 9.17) is 4.43 Å². The number of hydrogen-bond acceptors (Lipinski definition) is 3. The van der Waals surface area contributed by atoms with Crippen LogP contribution in [0.5, 0.6) is 0 Å². The molecule has 0 aromatic carbocycles. The van der Waals surface area contributed by atoms with Crippen LogP contribution in [-0.4, -0.2) is 26.0 Å². The van der Waals surface area contributed by atoms with Crippen LogP contribution in [0.2, 0.25) is 18.1 Å². The van der Waals surface area contributed by atoms with Crippen molar-refractivity contribution in [3.8, 4) is 0 Å². The molecular weight excluding hydrogens is 292 g/mol. The molecule has 22 heavy (non-hydrogen) atoms. The van der Waals surface area contributed by atoms with Crippen LogP contribution in [0.1, 0.15) is 46.5 Å². The highest BCUT2D eigenvalue weighted by atomic mass is 28.4. The Bertz CT molecular complexity index is 543. The van der Waals surface area contributed by atoms with E-state index >= 15 is 0 Å². The predicted octanol–water partition coefficient (Wildman–Crippen LogP) is 3.89. The molecule has 0 radical (unpaired) electrons. The molecule has 2 saturated carbocycles. The number of rotatable bonds is 2. The molecule has 0 unspecified atom stereocenters. The predicted molar refractivity (Wildman–Crippen MR) is 89.1 cm³/mol. The molecule has 0 saturated heterocycles. The lowest BCUT2D eigenvalue weighted by Gasteiger charge is -2.46. The van der Waals surface area contributed by atoms with Crippen molar-refractivity contribution < 1.29 is 14.0 Å². The summed E-state index contributed by atoms with van der Waals surface area (Å²) in [5.41, 5.74) is -0.194. The van der Waals surface area contributed by atoms with Crippen LogP contribution < -0.4 is 0 Å². The third-order valence-electron chi connectivity index (χ3n) is 6.67.